The van der Waals surface area contributed by atoms with Gasteiger partial charge in [-0.15, -0.1) is 0 Å². The Hall–Kier alpha value is -0.830. The molecule has 0 saturated heterocycles. The van der Waals surface area contributed by atoms with Crippen LogP contribution in [0, 0.1) is 5.92 Å². The third-order valence-electron chi connectivity index (χ3n) is 2.79. The molecular formula is C11H19N3. The lowest BCUT2D eigenvalue weighted by molar-refractivity contribution is 0.481. The second kappa shape index (κ2) is 4.13. The summed E-state index contributed by atoms with van der Waals surface area (Å²) in [5.74, 6) is 0.853. The minimum atomic E-state index is 0.545. The summed E-state index contributed by atoms with van der Waals surface area (Å²) in [7, 11) is 1.98. The number of rotatable bonds is 5. The van der Waals surface area contributed by atoms with Gasteiger partial charge in [-0.1, -0.05) is 6.92 Å². The topological polar surface area (TPSA) is 29.9 Å². The molecular weight excluding hydrogens is 174 g/mol. The van der Waals surface area contributed by atoms with Crippen LogP contribution in [-0.2, 0) is 7.05 Å². The summed E-state index contributed by atoms with van der Waals surface area (Å²) >= 11 is 0. The van der Waals surface area contributed by atoms with E-state index in [4.69, 9.17) is 0 Å². The Morgan fingerprint density at radius 2 is 2.43 bits per heavy atom. The summed E-state index contributed by atoms with van der Waals surface area (Å²) in [4.78, 5) is 0. The first-order chi connectivity index (χ1) is 6.81. The Morgan fingerprint density at radius 1 is 1.64 bits per heavy atom. The van der Waals surface area contributed by atoms with Gasteiger partial charge in [-0.05, 0) is 31.7 Å². The Bertz CT molecular complexity index is 288. The molecule has 0 aliphatic heterocycles. The van der Waals surface area contributed by atoms with Gasteiger partial charge in [0.05, 0.1) is 6.20 Å². The van der Waals surface area contributed by atoms with E-state index < -0.39 is 0 Å². The molecule has 0 radical (unpaired) electrons. The van der Waals surface area contributed by atoms with Crippen molar-refractivity contribution in [2.45, 2.75) is 32.2 Å². The van der Waals surface area contributed by atoms with Crippen molar-refractivity contribution in [3.8, 4) is 0 Å². The normalized spacial score (nSPS) is 18.4. The van der Waals surface area contributed by atoms with Crippen LogP contribution in [0.5, 0.6) is 0 Å². The molecule has 1 aliphatic rings. The van der Waals surface area contributed by atoms with Gasteiger partial charge in [0, 0.05) is 24.8 Å². The minimum Gasteiger partial charge on any atom is -0.310 e. The molecule has 1 N–H and O–H groups in total. The van der Waals surface area contributed by atoms with Gasteiger partial charge in [0.25, 0.3) is 0 Å². The van der Waals surface area contributed by atoms with Crippen molar-refractivity contribution in [1.82, 2.24) is 15.1 Å². The van der Waals surface area contributed by atoms with E-state index in [2.05, 4.69) is 23.5 Å². The van der Waals surface area contributed by atoms with Crippen molar-refractivity contribution in [3.05, 3.63) is 18.0 Å². The van der Waals surface area contributed by atoms with Crippen LogP contribution in [0.1, 0.15) is 37.8 Å². The Balaban J connectivity index is 2.02. The quantitative estimate of drug-likeness (QED) is 0.773. The van der Waals surface area contributed by atoms with Gasteiger partial charge in [0.1, 0.15) is 0 Å². The molecule has 1 aromatic rings. The predicted molar refractivity (Wildman–Crippen MR) is 57.0 cm³/mol. The molecule has 0 aromatic carbocycles. The van der Waals surface area contributed by atoms with Gasteiger partial charge < -0.3 is 5.32 Å². The molecule has 0 spiro atoms. The molecule has 78 valence electrons. The Labute approximate surface area is 85.5 Å². The first kappa shape index (κ1) is 9.71. The molecule has 0 bridgehead atoms. The summed E-state index contributed by atoms with van der Waals surface area (Å²) < 4.78 is 1.89. The molecule has 1 atom stereocenters. The highest BCUT2D eigenvalue weighted by Crippen LogP contribution is 2.40. The van der Waals surface area contributed by atoms with E-state index in [9.17, 15) is 0 Å². The number of aryl methyl sites for hydroxylation is 1. The van der Waals surface area contributed by atoms with Crippen LogP contribution in [0.15, 0.2) is 12.4 Å². The van der Waals surface area contributed by atoms with Crippen LogP contribution in [0.2, 0.25) is 0 Å². The molecule has 3 nitrogen and oxygen atoms in total. The summed E-state index contributed by atoms with van der Waals surface area (Å²) in [6, 6.07) is 0.545. The molecule has 1 unspecified atom stereocenters. The number of nitrogens with one attached hydrogen (secondary N) is 1. The molecule has 1 saturated carbocycles. The monoisotopic (exact) mass is 193 g/mol. The van der Waals surface area contributed by atoms with Gasteiger partial charge in [-0.25, -0.2) is 0 Å². The van der Waals surface area contributed by atoms with Crippen molar-refractivity contribution >= 4 is 0 Å². The fourth-order valence-electron chi connectivity index (χ4n) is 1.89. The lowest BCUT2D eigenvalue weighted by Gasteiger charge is -2.15. The van der Waals surface area contributed by atoms with E-state index in [1.54, 1.807) is 0 Å². The van der Waals surface area contributed by atoms with Crippen LogP contribution in [-0.4, -0.2) is 16.3 Å². The highest BCUT2D eigenvalue weighted by Gasteiger charge is 2.32. The van der Waals surface area contributed by atoms with Gasteiger partial charge in [-0.2, -0.15) is 5.10 Å². The second-order valence-electron chi connectivity index (χ2n) is 4.22. The first-order valence-electron chi connectivity index (χ1n) is 5.53. The molecule has 1 fully saturated rings. The van der Waals surface area contributed by atoms with Crippen molar-refractivity contribution < 1.29 is 0 Å². The van der Waals surface area contributed by atoms with Crippen LogP contribution in [0.25, 0.3) is 0 Å². The zero-order chi connectivity index (χ0) is 9.97. The van der Waals surface area contributed by atoms with Crippen LogP contribution < -0.4 is 5.32 Å². The van der Waals surface area contributed by atoms with E-state index >= 15 is 0 Å². The summed E-state index contributed by atoms with van der Waals surface area (Å²) in [6.45, 7) is 3.32. The molecule has 1 heterocycles. The molecule has 2 rings (SSSR count). The number of hydrogen-bond donors (Lipinski definition) is 1. The van der Waals surface area contributed by atoms with Crippen LogP contribution in [0.4, 0.5) is 0 Å². The zero-order valence-electron chi connectivity index (χ0n) is 9.03. The predicted octanol–water partition coefficient (Wildman–Crippen LogP) is 1.87. The van der Waals surface area contributed by atoms with Gasteiger partial charge in [0.2, 0.25) is 0 Å². The van der Waals surface area contributed by atoms with E-state index in [1.165, 1.54) is 24.8 Å². The highest BCUT2D eigenvalue weighted by molar-refractivity contribution is 5.13. The largest absolute Gasteiger partial charge is 0.310 e. The Morgan fingerprint density at radius 3 is 2.93 bits per heavy atom. The summed E-state index contributed by atoms with van der Waals surface area (Å²) in [5.41, 5.74) is 1.35. The Kier molecular flexibility index (Phi) is 2.87. The third-order valence-corrected chi connectivity index (χ3v) is 2.79. The number of hydrogen-bond acceptors (Lipinski definition) is 2. The van der Waals surface area contributed by atoms with E-state index in [-0.39, 0.29) is 0 Å². The molecule has 14 heavy (non-hydrogen) atoms. The maximum Gasteiger partial charge on any atom is 0.0537 e. The first-order valence-corrected chi connectivity index (χ1v) is 5.53. The van der Waals surface area contributed by atoms with Crippen LogP contribution in [0.3, 0.4) is 0 Å². The standard InChI is InChI=1S/C11H19N3/c1-3-6-12-11(9-4-5-9)10-7-13-14(2)8-10/h7-9,11-12H,3-6H2,1-2H3. The minimum absolute atomic E-state index is 0.545. The highest BCUT2D eigenvalue weighted by atomic mass is 15.2. The summed E-state index contributed by atoms with van der Waals surface area (Å²) in [5, 5.41) is 7.84. The second-order valence-corrected chi connectivity index (χ2v) is 4.22. The van der Waals surface area contributed by atoms with Gasteiger partial charge >= 0.3 is 0 Å². The van der Waals surface area contributed by atoms with Gasteiger partial charge in [0.15, 0.2) is 0 Å². The SMILES string of the molecule is CCCNC(c1cnn(C)c1)C1CC1. The van der Waals surface area contributed by atoms with Crippen molar-refractivity contribution in [2.24, 2.45) is 13.0 Å². The fraction of sp³-hybridized carbons (Fsp3) is 0.727. The summed E-state index contributed by atoms with van der Waals surface area (Å²) in [6.07, 6.45) is 8.06. The smallest absolute Gasteiger partial charge is 0.0537 e. The zero-order valence-corrected chi connectivity index (χ0v) is 9.03. The molecule has 3 heteroatoms. The van der Waals surface area contributed by atoms with Gasteiger partial charge in [-0.3, -0.25) is 4.68 Å². The van der Waals surface area contributed by atoms with Crippen molar-refractivity contribution in [2.75, 3.05) is 6.54 Å². The molecule has 0 amide bonds. The average Bonchev–Trinajstić information content (AvgIpc) is 2.91. The van der Waals surface area contributed by atoms with E-state index in [0.29, 0.717) is 6.04 Å². The third kappa shape index (κ3) is 2.15. The molecule has 1 aromatic heterocycles. The number of aromatic nitrogens is 2. The maximum absolute atomic E-state index is 4.23. The number of nitrogens with zero attached hydrogens (tertiary/aromatic N) is 2. The van der Waals surface area contributed by atoms with E-state index in [1.807, 2.05) is 17.9 Å². The fourth-order valence-corrected chi connectivity index (χ4v) is 1.89. The van der Waals surface area contributed by atoms with Crippen LogP contribution >= 0.6 is 0 Å². The van der Waals surface area contributed by atoms with Crippen molar-refractivity contribution in [1.29, 1.82) is 0 Å². The lowest BCUT2D eigenvalue weighted by Crippen LogP contribution is -2.23. The maximum atomic E-state index is 4.23. The van der Waals surface area contributed by atoms with E-state index in [0.717, 1.165) is 12.5 Å². The molecule has 1 aliphatic carbocycles. The lowest BCUT2D eigenvalue weighted by atomic mass is 10.1. The van der Waals surface area contributed by atoms with Crippen molar-refractivity contribution in [3.63, 3.8) is 0 Å². The average molecular weight is 193 g/mol.